The lowest BCUT2D eigenvalue weighted by Gasteiger charge is -2.02. The average molecular weight is 175 g/mol. The molecule has 3 heteroatoms. The van der Waals surface area contributed by atoms with Gasteiger partial charge in [-0.05, 0) is 12.8 Å². The van der Waals surface area contributed by atoms with Crippen LogP contribution < -0.4 is 0 Å². The molecule has 0 atom stereocenters. The molecule has 0 bridgehead atoms. The summed E-state index contributed by atoms with van der Waals surface area (Å²) in [6.45, 7) is 0. The molecule has 13 heavy (non-hydrogen) atoms. The number of nitriles is 1. The first-order valence-electron chi connectivity index (χ1n) is 4.74. The van der Waals surface area contributed by atoms with Gasteiger partial charge in [-0.25, -0.2) is 4.98 Å². The maximum atomic E-state index is 8.74. The van der Waals surface area contributed by atoms with Gasteiger partial charge in [-0.2, -0.15) is 5.26 Å². The molecule has 0 saturated heterocycles. The minimum absolute atomic E-state index is 0.530. The van der Waals surface area contributed by atoms with Crippen LogP contribution in [0.1, 0.15) is 43.1 Å². The first kappa shape index (κ1) is 8.31. The van der Waals surface area contributed by atoms with Crippen LogP contribution in [0.2, 0.25) is 0 Å². The predicted octanol–water partition coefficient (Wildman–Crippen LogP) is 1.95. The van der Waals surface area contributed by atoms with E-state index in [0.717, 1.165) is 5.69 Å². The minimum atomic E-state index is 0.530. The zero-order valence-electron chi connectivity index (χ0n) is 7.82. The molecule has 1 aliphatic rings. The monoisotopic (exact) mass is 175 g/mol. The van der Waals surface area contributed by atoms with Crippen LogP contribution in [0.3, 0.4) is 0 Å². The Morgan fingerprint density at radius 2 is 2.23 bits per heavy atom. The fraction of sp³-hybridized carbons (Fsp3) is 0.600. The van der Waals surface area contributed by atoms with Crippen molar-refractivity contribution in [3.63, 3.8) is 0 Å². The number of rotatable bonds is 1. The third-order valence-electron chi connectivity index (χ3n) is 2.77. The molecule has 2 rings (SSSR count). The smallest absolute Gasteiger partial charge is 0.212 e. The van der Waals surface area contributed by atoms with Crippen molar-refractivity contribution < 1.29 is 0 Å². The van der Waals surface area contributed by atoms with Crippen molar-refractivity contribution in [2.45, 2.75) is 31.6 Å². The molecule has 68 valence electrons. The van der Waals surface area contributed by atoms with Crippen LogP contribution in [-0.2, 0) is 7.05 Å². The first-order chi connectivity index (χ1) is 6.31. The lowest BCUT2D eigenvalue weighted by Crippen LogP contribution is -1.91. The highest BCUT2D eigenvalue weighted by molar-refractivity contribution is 5.18. The molecule has 1 fully saturated rings. The van der Waals surface area contributed by atoms with E-state index < -0.39 is 0 Å². The van der Waals surface area contributed by atoms with E-state index in [1.807, 2.05) is 17.8 Å². The quantitative estimate of drug-likeness (QED) is 0.654. The lowest BCUT2D eigenvalue weighted by atomic mass is 10.1. The summed E-state index contributed by atoms with van der Waals surface area (Å²) in [6.07, 6.45) is 7.09. The number of hydrogen-bond acceptors (Lipinski definition) is 2. The van der Waals surface area contributed by atoms with Crippen LogP contribution in [0.25, 0.3) is 0 Å². The molecule has 0 spiro atoms. The Labute approximate surface area is 78.0 Å². The van der Waals surface area contributed by atoms with Crippen molar-refractivity contribution in [2.24, 2.45) is 7.05 Å². The number of hydrogen-bond donors (Lipinski definition) is 0. The average Bonchev–Trinajstić information content (AvgIpc) is 2.71. The largest absolute Gasteiger partial charge is 0.325 e. The molecule has 1 aromatic heterocycles. The summed E-state index contributed by atoms with van der Waals surface area (Å²) in [4.78, 5) is 4.31. The standard InChI is InChI=1S/C10H13N3/c1-13-7-9(12-10(13)6-11)8-4-2-3-5-8/h7-8H,2-5H2,1H3. The summed E-state index contributed by atoms with van der Waals surface area (Å²) in [5.74, 6) is 1.13. The van der Waals surface area contributed by atoms with Crippen LogP contribution in [0.4, 0.5) is 0 Å². The van der Waals surface area contributed by atoms with Crippen molar-refractivity contribution in [1.29, 1.82) is 5.26 Å². The summed E-state index contributed by atoms with van der Waals surface area (Å²) in [7, 11) is 1.88. The van der Waals surface area contributed by atoms with Gasteiger partial charge in [0.05, 0.1) is 5.69 Å². The minimum Gasteiger partial charge on any atom is -0.325 e. The molecule has 1 heterocycles. The molecule has 0 aliphatic heterocycles. The summed E-state index contributed by atoms with van der Waals surface area (Å²) in [5.41, 5.74) is 1.11. The summed E-state index contributed by atoms with van der Waals surface area (Å²) in [6, 6.07) is 2.09. The second kappa shape index (κ2) is 3.21. The Hall–Kier alpha value is -1.30. The van der Waals surface area contributed by atoms with Crippen LogP contribution in [-0.4, -0.2) is 9.55 Å². The van der Waals surface area contributed by atoms with Gasteiger partial charge >= 0.3 is 0 Å². The van der Waals surface area contributed by atoms with E-state index in [0.29, 0.717) is 11.7 Å². The molecule has 0 amide bonds. The summed E-state index contributed by atoms with van der Waals surface area (Å²) in [5, 5.41) is 8.74. The normalized spacial score (nSPS) is 17.5. The van der Waals surface area contributed by atoms with Crippen molar-refractivity contribution in [3.05, 3.63) is 17.7 Å². The van der Waals surface area contributed by atoms with Crippen molar-refractivity contribution in [3.8, 4) is 6.07 Å². The molecular formula is C10H13N3. The van der Waals surface area contributed by atoms with E-state index in [1.54, 1.807) is 0 Å². The lowest BCUT2D eigenvalue weighted by molar-refractivity contribution is 0.701. The second-order valence-corrected chi connectivity index (χ2v) is 3.69. The molecule has 0 N–H and O–H groups in total. The fourth-order valence-corrected chi connectivity index (χ4v) is 2.01. The van der Waals surface area contributed by atoms with Gasteiger partial charge in [-0.15, -0.1) is 0 Å². The van der Waals surface area contributed by atoms with Gasteiger partial charge < -0.3 is 4.57 Å². The first-order valence-corrected chi connectivity index (χ1v) is 4.74. The van der Waals surface area contributed by atoms with Gasteiger partial charge in [0.2, 0.25) is 5.82 Å². The van der Waals surface area contributed by atoms with Crippen molar-refractivity contribution in [2.75, 3.05) is 0 Å². The highest BCUT2D eigenvalue weighted by Crippen LogP contribution is 2.33. The Morgan fingerprint density at radius 3 is 2.77 bits per heavy atom. The molecule has 0 unspecified atom stereocenters. The van der Waals surface area contributed by atoms with Crippen molar-refractivity contribution >= 4 is 0 Å². The topological polar surface area (TPSA) is 41.6 Å². The molecular weight excluding hydrogens is 162 g/mol. The molecule has 3 nitrogen and oxygen atoms in total. The summed E-state index contributed by atoms with van der Waals surface area (Å²) >= 11 is 0. The third kappa shape index (κ3) is 1.44. The Balaban J connectivity index is 2.26. The number of aryl methyl sites for hydroxylation is 1. The van der Waals surface area contributed by atoms with Crippen LogP contribution in [0.15, 0.2) is 6.20 Å². The Morgan fingerprint density at radius 1 is 1.54 bits per heavy atom. The summed E-state index contributed by atoms with van der Waals surface area (Å²) < 4.78 is 1.81. The van der Waals surface area contributed by atoms with Crippen LogP contribution in [0.5, 0.6) is 0 Å². The Kier molecular flexibility index (Phi) is 2.05. The number of imidazole rings is 1. The van der Waals surface area contributed by atoms with E-state index >= 15 is 0 Å². The maximum absolute atomic E-state index is 8.74. The number of nitrogens with zero attached hydrogens (tertiary/aromatic N) is 3. The van der Waals surface area contributed by atoms with Gasteiger partial charge in [-0.3, -0.25) is 0 Å². The molecule has 1 aromatic rings. The highest BCUT2D eigenvalue weighted by Gasteiger charge is 2.20. The highest BCUT2D eigenvalue weighted by atomic mass is 15.0. The molecule has 0 radical (unpaired) electrons. The third-order valence-corrected chi connectivity index (χ3v) is 2.77. The maximum Gasteiger partial charge on any atom is 0.212 e. The molecule has 1 aliphatic carbocycles. The van der Waals surface area contributed by atoms with E-state index in [1.165, 1.54) is 25.7 Å². The van der Waals surface area contributed by atoms with Gasteiger partial charge in [0.1, 0.15) is 6.07 Å². The van der Waals surface area contributed by atoms with Gasteiger partial charge in [-0.1, -0.05) is 12.8 Å². The zero-order chi connectivity index (χ0) is 9.26. The van der Waals surface area contributed by atoms with E-state index in [9.17, 15) is 0 Å². The molecule has 0 aromatic carbocycles. The van der Waals surface area contributed by atoms with E-state index in [2.05, 4.69) is 11.1 Å². The number of aromatic nitrogens is 2. The SMILES string of the molecule is Cn1cc(C2CCCC2)nc1C#N. The van der Waals surface area contributed by atoms with Gasteiger partial charge in [0.15, 0.2) is 0 Å². The zero-order valence-corrected chi connectivity index (χ0v) is 7.82. The Bertz CT molecular complexity index is 340. The van der Waals surface area contributed by atoms with Crippen LogP contribution >= 0.6 is 0 Å². The van der Waals surface area contributed by atoms with Gasteiger partial charge in [0, 0.05) is 19.2 Å². The molecule has 1 saturated carbocycles. The van der Waals surface area contributed by atoms with E-state index in [4.69, 9.17) is 5.26 Å². The second-order valence-electron chi connectivity index (χ2n) is 3.69. The van der Waals surface area contributed by atoms with Gasteiger partial charge in [0.25, 0.3) is 0 Å². The van der Waals surface area contributed by atoms with E-state index in [-0.39, 0.29) is 0 Å². The van der Waals surface area contributed by atoms with Crippen LogP contribution in [0, 0.1) is 11.3 Å². The predicted molar refractivity (Wildman–Crippen MR) is 49.1 cm³/mol. The fourth-order valence-electron chi connectivity index (χ4n) is 2.01. The van der Waals surface area contributed by atoms with Crippen molar-refractivity contribution in [1.82, 2.24) is 9.55 Å².